The lowest BCUT2D eigenvalue weighted by molar-refractivity contribution is 0.102. The third-order valence-corrected chi connectivity index (χ3v) is 5.53. The predicted molar refractivity (Wildman–Crippen MR) is 114 cm³/mol. The maximum Gasteiger partial charge on any atom is 0.257 e. The summed E-state index contributed by atoms with van der Waals surface area (Å²) in [5.74, 6) is -0.742. The van der Waals surface area contributed by atoms with Crippen molar-refractivity contribution in [2.45, 2.75) is 6.92 Å². The summed E-state index contributed by atoms with van der Waals surface area (Å²) in [6, 6.07) is 21.8. The quantitative estimate of drug-likeness (QED) is 0.580. The Hall–Kier alpha value is -3.45. The van der Waals surface area contributed by atoms with E-state index in [0.29, 0.717) is 16.8 Å². The minimum absolute atomic E-state index is 0.105. The summed E-state index contributed by atoms with van der Waals surface area (Å²) < 4.78 is 26.2. The van der Waals surface area contributed by atoms with Crippen LogP contribution in [0.15, 0.2) is 78.9 Å². The molecule has 29 heavy (non-hydrogen) atoms. The number of hydrogen-bond acceptors (Lipinski definition) is 4. The van der Waals surface area contributed by atoms with Crippen LogP contribution in [0.3, 0.4) is 0 Å². The second-order valence-corrected chi connectivity index (χ2v) is 8.29. The van der Waals surface area contributed by atoms with Crippen LogP contribution in [-0.2, 0) is 10.0 Å². The molecule has 0 bridgehead atoms. The Morgan fingerprint density at radius 3 is 2.21 bits per heavy atom. The lowest BCUT2D eigenvalue weighted by Gasteiger charge is -2.12. The van der Waals surface area contributed by atoms with Crippen LogP contribution >= 0.6 is 0 Å². The average Bonchev–Trinajstić information content (AvgIpc) is 2.74. The van der Waals surface area contributed by atoms with Crippen LogP contribution < -0.4 is 10.0 Å². The molecule has 0 fully saturated rings. The van der Waals surface area contributed by atoms with E-state index in [1.165, 1.54) is 19.1 Å². The van der Waals surface area contributed by atoms with Gasteiger partial charge in [0.1, 0.15) is 0 Å². The highest BCUT2D eigenvalue weighted by atomic mass is 32.2. The summed E-state index contributed by atoms with van der Waals surface area (Å²) in [4.78, 5) is 25.3. The van der Waals surface area contributed by atoms with Crippen molar-refractivity contribution in [3.63, 3.8) is 0 Å². The van der Waals surface area contributed by atoms with Crippen molar-refractivity contribution in [3.05, 3.63) is 95.6 Å². The molecule has 3 aromatic rings. The molecule has 3 aromatic carbocycles. The summed E-state index contributed by atoms with van der Waals surface area (Å²) in [5, 5.41) is 2.72. The molecule has 0 heterocycles. The SMILES string of the molecule is CCS(=O)(=O)Nc1ccccc1C(=O)Nc1cccc(C(=O)c2ccccc2)c1. The van der Waals surface area contributed by atoms with E-state index < -0.39 is 15.9 Å². The van der Waals surface area contributed by atoms with Gasteiger partial charge >= 0.3 is 0 Å². The molecule has 1 amide bonds. The van der Waals surface area contributed by atoms with Crippen LogP contribution in [0.25, 0.3) is 0 Å². The molecule has 0 atom stereocenters. The van der Waals surface area contributed by atoms with E-state index in [0.717, 1.165) is 0 Å². The minimum atomic E-state index is -3.52. The number of nitrogens with one attached hydrogen (secondary N) is 2. The van der Waals surface area contributed by atoms with E-state index in [9.17, 15) is 18.0 Å². The Labute approximate surface area is 169 Å². The molecule has 0 aliphatic carbocycles. The fourth-order valence-electron chi connectivity index (χ4n) is 2.70. The van der Waals surface area contributed by atoms with Crippen LogP contribution in [0, 0.1) is 0 Å². The van der Waals surface area contributed by atoms with Gasteiger partial charge in [-0.1, -0.05) is 54.6 Å². The summed E-state index contributed by atoms with van der Waals surface area (Å²) in [7, 11) is -3.52. The molecule has 0 saturated heterocycles. The number of benzene rings is 3. The Balaban J connectivity index is 1.83. The molecule has 148 valence electrons. The zero-order valence-corrected chi connectivity index (χ0v) is 16.6. The fraction of sp³-hybridized carbons (Fsp3) is 0.0909. The first-order chi connectivity index (χ1) is 13.9. The van der Waals surface area contributed by atoms with Gasteiger partial charge < -0.3 is 5.32 Å². The van der Waals surface area contributed by atoms with E-state index in [2.05, 4.69) is 10.0 Å². The molecule has 0 aliphatic heterocycles. The lowest BCUT2D eigenvalue weighted by atomic mass is 10.0. The normalized spacial score (nSPS) is 10.9. The van der Waals surface area contributed by atoms with E-state index in [4.69, 9.17) is 0 Å². The summed E-state index contributed by atoms with van der Waals surface area (Å²) in [6.07, 6.45) is 0. The molecule has 0 radical (unpaired) electrons. The second kappa shape index (κ2) is 8.70. The van der Waals surface area contributed by atoms with Gasteiger partial charge in [0.15, 0.2) is 5.78 Å². The van der Waals surface area contributed by atoms with Crippen molar-refractivity contribution < 1.29 is 18.0 Å². The van der Waals surface area contributed by atoms with Gasteiger partial charge in [-0.3, -0.25) is 14.3 Å². The number of sulfonamides is 1. The first-order valence-electron chi connectivity index (χ1n) is 9.00. The van der Waals surface area contributed by atoms with Gasteiger partial charge in [-0.25, -0.2) is 8.42 Å². The number of ketones is 1. The number of carbonyl (C=O) groups excluding carboxylic acids is 2. The van der Waals surface area contributed by atoms with Crippen molar-refractivity contribution in [3.8, 4) is 0 Å². The molecule has 6 nitrogen and oxygen atoms in total. The van der Waals surface area contributed by atoms with E-state index in [1.54, 1.807) is 60.7 Å². The van der Waals surface area contributed by atoms with E-state index in [1.807, 2.05) is 6.07 Å². The largest absolute Gasteiger partial charge is 0.322 e. The van der Waals surface area contributed by atoms with Crippen LogP contribution in [0.4, 0.5) is 11.4 Å². The zero-order chi connectivity index (χ0) is 20.9. The summed E-state index contributed by atoms with van der Waals surface area (Å²) in [5.41, 5.74) is 1.81. The molecular weight excluding hydrogens is 388 g/mol. The first kappa shape index (κ1) is 20.3. The fourth-order valence-corrected chi connectivity index (χ4v) is 3.36. The zero-order valence-electron chi connectivity index (χ0n) is 15.8. The van der Waals surface area contributed by atoms with Crippen molar-refractivity contribution in [1.82, 2.24) is 0 Å². The maximum atomic E-state index is 12.7. The Kier molecular flexibility index (Phi) is 6.09. The number of carbonyl (C=O) groups is 2. The predicted octanol–water partition coefficient (Wildman–Crippen LogP) is 3.93. The van der Waals surface area contributed by atoms with Gasteiger partial charge in [0.05, 0.1) is 17.0 Å². The third-order valence-electron chi connectivity index (χ3n) is 4.24. The standard InChI is InChI=1S/C22H20N2O4S/c1-2-29(27,28)24-20-14-7-6-13-19(20)22(26)23-18-12-8-11-17(15-18)21(25)16-9-4-3-5-10-16/h3-15,24H,2H2,1H3,(H,23,26). The molecule has 0 saturated carbocycles. The average molecular weight is 408 g/mol. The smallest absolute Gasteiger partial charge is 0.257 e. The second-order valence-electron chi connectivity index (χ2n) is 6.28. The molecule has 7 heteroatoms. The molecule has 0 aliphatic rings. The highest BCUT2D eigenvalue weighted by Gasteiger charge is 2.16. The van der Waals surface area contributed by atoms with Crippen LogP contribution in [0.1, 0.15) is 33.2 Å². The molecule has 0 unspecified atom stereocenters. The number of hydrogen-bond donors (Lipinski definition) is 2. The summed E-state index contributed by atoms with van der Waals surface area (Å²) in [6.45, 7) is 1.51. The van der Waals surface area contributed by atoms with Gasteiger partial charge in [0.2, 0.25) is 10.0 Å². The van der Waals surface area contributed by atoms with Gasteiger partial charge in [0.25, 0.3) is 5.91 Å². The Morgan fingerprint density at radius 1 is 0.828 bits per heavy atom. The maximum absolute atomic E-state index is 12.7. The van der Waals surface area contributed by atoms with Crippen LogP contribution in [0.2, 0.25) is 0 Å². The van der Waals surface area contributed by atoms with E-state index in [-0.39, 0.29) is 22.8 Å². The number of rotatable bonds is 7. The summed E-state index contributed by atoms with van der Waals surface area (Å²) >= 11 is 0. The number of amides is 1. The van der Waals surface area contributed by atoms with Crippen molar-refractivity contribution in [1.29, 1.82) is 0 Å². The van der Waals surface area contributed by atoms with Gasteiger partial charge in [-0.2, -0.15) is 0 Å². The number of para-hydroxylation sites is 1. The van der Waals surface area contributed by atoms with Crippen LogP contribution in [-0.4, -0.2) is 25.9 Å². The van der Waals surface area contributed by atoms with Crippen LogP contribution in [0.5, 0.6) is 0 Å². The monoisotopic (exact) mass is 408 g/mol. The van der Waals surface area contributed by atoms with Crippen molar-refractivity contribution in [2.75, 3.05) is 15.8 Å². The van der Waals surface area contributed by atoms with Crippen molar-refractivity contribution >= 4 is 33.1 Å². The molecule has 0 spiro atoms. The van der Waals surface area contributed by atoms with Gasteiger partial charge in [-0.05, 0) is 31.2 Å². The van der Waals surface area contributed by atoms with Gasteiger partial charge in [-0.15, -0.1) is 0 Å². The third kappa shape index (κ3) is 5.08. The topological polar surface area (TPSA) is 92.3 Å². The molecule has 0 aromatic heterocycles. The highest BCUT2D eigenvalue weighted by molar-refractivity contribution is 7.92. The Morgan fingerprint density at radius 2 is 1.48 bits per heavy atom. The Bertz CT molecular complexity index is 1140. The van der Waals surface area contributed by atoms with Crippen molar-refractivity contribution in [2.24, 2.45) is 0 Å². The molecular formula is C22H20N2O4S. The molecule has 2 N–H and O–H groups in total. The molecule has 3 rings (SSSR count). The number of anilines is 2. The first-order valence-corrected chi connectivity index (χ1v) is 10.7. The highest BCUT2D eigenvalue weighted by Crippen LogP contribution is 2.20. The van der Waals surface area contributed by atoms with E-state index >= 15 is 0 Å². The van der Waals surface area contributed by atoms with Gasteiger partial charge in [0, 0.05) is 16.8 Å². The lowest BCUT2D eigenvalue weighted by Crippen LogP contribution is -2.19. The minimum Gasteiger partial charge on any atom is -0.322 e.